The number of amides is 2. The summed E-state index contributed by atoms with van der Waals surface area (Å²) < 4.78 is 40.1. The van der Waals surface area contributed by atoms with Crippen molar-refractivity contribution in [3.05, 3.63) is 46.3 Å². The van der Waals surface area contributed by atoms with Crippen LogP contribution in [0.5, 0.6) is 11.5 Å². The number of ketones is 1. The van der Waals surface area contributed by atoms with Crippen LogP contribution in [0.25, 0.3) is 22.3 Å². The monoisotopic (exact) mass is 783 g/mol. The van der Waals surface area contributed by atoms with Gasteiger partial charge in [-0.25, -0.2) is 18.4 Å². The van der Waals surface area contributed by atoms with Crippen molar-refractivity contribution >= 4 is 61.5 Å². The summed E-state index contributed by atoms with van der Waals surface area (Å²) in [6, 6.07) is 3.40. The molecule has 3 aromatic rings. The maximum absolute atomic E-state index is 14.5. The summed E-state index contributed by atoms with van der Waals surface area (Å²) in [7, 11) is -2.29. The van der Waals surface area contributed by atoms with Crippen molar-refractivity contribution in [1.82, 2.24) is 24.9 Å². The van der Waals surface area contributed by atoms with E-state index in [9.17, 15) is 22.8 Å². The molecule has 0 unspecified atom stereocenters. The number of halogens is 1. The average Bonchev–Trinajstić information content (AvgIpc) is 3.99. The molecule has 2 aliphatic carbocycles. The Morgan fingerprint density at radius 2 is 1.94 bits per heavy atom. The Balaban J connectivity index is 1.24. The molecule has 2 aliphatic heterocycles. The summed E-state index contributed by atoms with van der Waals surface area (Å²) in [6.07, 6.45) is 2.22. The highest BCUT2D eigenvalue weighted by Crippen LogP contribution is 2.57. The molecule has 7 rings (SSSR count). The molecule has 15 heteroatoms. The molecule has 0 radical (unpaired) electrons. The second kappa shape index (κ2) is 13.6. The number of benzene rings is 1. The number of sulfonamides is 1. The first-order chi connectivity index (χ1) is 25.0. The number of hydrogen-bond donors (Lipinski definition) is 2. The number of nitrogens with zero attached hydrogens (tertiary/aromatic N) is 3. The van der Waals surface area contributed by atoms with E-state index in [4.69, 9.17) is 31.0 Å². The van der Waals surface area contributed by atoms with Gasteiger partial charge in [0, 0.05) is 42.1 Å². The summed E-state index contributed by atoms with van der Waals surface area (Å²) in [5.41, 5.74) is -0.0155. The normalized spacial score (nSPS) is 27.1. The van der Waals surface area contributed by atoms with Gasteiger partial charge in [0.2, 0.25) is 21.8 Å². The van der Waals surface area contributed by atoms with Crippen molar-refractivity contribution in [2.24, 2.45) is 16.7 Å². The number of Topliss-reactive ketones (excluding diaryl/α,β-unsaturated/α-hetero) is 1. The standard InChI is InChI=1S/C38H46ClN5O7S2/c1-8-20-15-38(20,36(47)43-53(48,49)21-9-10-21)16-27(45)25-14-30(26-17-40-33(37(4,5)6)35(46)44(25)26)51-29-13-23(24-18-52-34(42-24)19(2)3)41-32-22(29)11-12-28(50-7)31(32)39/h8,11-13,18-21,25-26,30,33,40H,1,9-10,14-17H2,2-7H3,(H,43,47)/t20-,25+,26-,30-,33+,38-/m1/s1. The van der Waals surface area contributed by atoms with E-state index in [2.05, 4.69) is 30.5 Å². The number of thiazole rings is 1. The highest BCUT2D eigenvalue weighted by atomic mass is 35.5. The Labute approximate surface area is 319 Å². The Bertz CT molecular complexity index is 2110. The largest absolute Gasteiger partial charge is 0.495 e. The van der Waals surface area contributed by atoms with E-state index in [-0.39, 0.29) is 36.4 Å². The van der Waals surface area contributed by atoms with Gasteiger partial charge in [-0.15, -0.1) is 17.9 Å². The van der Waals surface area contributed by atoms with Gasteiger partial charge < -0.3 is 19.7 Å². The zero-order valence-corrected chi connectivity index (χ0v) is 33.2. The van der Waals surface area contributed by atoms with Gasteiger partial charge in [-0.1, -0.05) is 52.3 Å². The number of pyridine rings is 1. The van der Waals surface area contributed by atoms with Crippen LogP contribution in [-0.4, -0.2) is 84.0 Å². The third kappa shape index (κ3) is 6.85. The van der Waals surface area contributed by atoms with Gasteiger partial charge in [0.15, 0.2) is 5.78 Å². The molecule has 0 bridgehead atoms. The van der Waals surface area contributed by atoms with Gasteiger partial charge in [-0.3, -0.25) is 19.1 Å². The van der Waals surface area contributed by atoms with Gasteiger partial charge in [0.1, 0.15) is 28.3 Å². The predicted molar refractivity (Wildman–Crippen MR) is 204 cm³/mol. The molecule has 284 valence electrons. The fraction of sp³-hybridized carbons (Fsp3) is 0.553. The lowest BCUT2D eigenvalue weighted by Gasteiger charge is -2.43. The van der Waals surface area contributed by atoms with E-state index in [1.807, 2.05) is 38.3 Å². The van der Waals surface area contributed by atoms with E-state index in [0.29, 0.717) is 64.6 Å². The summed E-state index contributed by atoms with van der Waals surface area (Å²) >= 11 is 8.37. The van der Waals surface area contributed by atoms with Crippen molar-refractivity contribution < 1.29 is 32.3 Å². The summed E-state index contributed by atoms with van der Waals surface area (Å²) in [5, 5.41) is 6.67. The van der Waals surface area contributed by atoms with E-state index < -0.39 is 56.2 Å². The van der Waals surface area contributed by atoms with E-state index in [1.54, 1.807) is 28.4 Å². The number of fused-ring (bicyclic) bond motifs is 2. The molecule has 0 spiro atoms. The molecule has 12 nitrogen and oxygen atoms in total. The molecule has 2 saturated heterocycles. The number of hydrogen-bond acceptors (Lipinski definition) is 11. The highest BCUT2D eigenvalue weighted by molar-refractivity contribution is 7.90. The average molecular weight is 784 g/mol. The Morgan fingerprint density at radius 3 is 2.55 bits per heavy atom. The van der Waals surface area contributed by atoms with Gasteiger partial charge in [-0.05, 0) is 42.7 Å². The summed E-state index contributed by atoms with van der Waals surface area (Å²) in [4.78, 5) is 53.7. The molecule has 1 aromatic carbocycles. The highest BCUT2D eigenvalue weighted by Gasteiger charge is 2.62. The third-order valence-corrected chi connectivity index (χ3v) is 14.4. The van der Waals surface area contributed by atoms with Crippen LogP contribution < -0.4 is 19.5 Å². The lowest BCUT2D eigenvalue weighted by Crippen LogP contribution is -2.66. The second-order valence-electron chi connectivity index (χ2n) is 16.2. The second-order valence-corrected chi connectivity index (χ2v) is 19.4. The first-order valence-electron chi connectivity index (χ1n) is 18.1. The van der Waals surface area contributed by atoms with Crippen LogP contribution >= 0.6 is 22.9 Å². The van der Waals surface area contributed by atoms with Crippen molar-refractivity contribution in [3.63, 3.8) is 0 Å². The molecular weight excluding hydrogens is 738 g/mol. The number of rotatable bonds is 12. The molecule has 2 N–H and O–H groups in total. The Morgan fingerprint density at radius 1 is 1.21 bits per heavy atom. The number of nitrogens with one attached hydrogen (secondary N) is 2. The number of piperazine rings is 1. The van der Waals surface area contributed by atoms with Gasteiger partial charge >= 0.3 is 0 Å². The first kappa shape index (κ1) is 37.7. The molecule has 53 heavy (non-hydrogen) atoms. The SMILES string of the molecule is C=C[C@@H]1C[C@]1(CC(=O)[C@@H]1C[C@@H](Oc2cc(-c3csc(C(C)C)n3)nc3c(Cl)c(OC)ccc23)[C@H]2CN[C@H](C(C)(C)C)C(=O)N21)C(=O)NS(=O)(=O)C1CC1. The molecule has 2 amide bonds. The van der Waals surface area contributed by atoms with Crippen LogP contribution in [0.1, 0.15) is 77.6 Å². The van der Waals surface area contributed by atoms with Crippen LogP contribution in [0.15, 0.2) is 36.2 Å². The smallest absolute Gasteiger partial charge is 0.241 e. The Hall–Kier alpha value is -3.59. The molecule has 4 heterocycles. The van der Waals surface area contributed by atoms with E-state index in [0.717, 1.165) is 5.01 Å². The van der Waals surface area contributed by atoms with Crippen LogP contribution in [-0.2, 0) is 24.4 Å². The molecular formula is C38H46ClN5O7S2. The maximum Gasteiger partial charge on any atom is 0.241 e. The van der Waals surface area contributed by atoms with Crippen molar-refractivity contribution in [2.45, 2.75) is 102 Å². The molecule has 4 aliphatic rings. The fourth-order valence-electron chi connectivity index (χ4n) is 7.75. The number of carbonyl (C=O) groups is 3. The third-order valence-electron chi connectivity index (χ3n) is 11.0. The fourth-order valence-corrected chi connectivity index (χ4v) is 10.2. The summed E-state index contributed by atoms with van der Waals surface area (Å²) in [6.45, 7) is 14.3. The minimum Gasteiger partial charge on any atom is -0.495 e. The van der Waals surface area contributed by atoms with Crippen LogP contribution in [0, 0.1) is 16.7 Å². The lowest BCUT2D eigenvalue weighted by molar-refractivity contribution is -0.147. The molecule has 2 saturated carbocycles. The van der Waals surface area contributed by atoms with Crippen molar-refractivity contribution in [2.75, 3.05) is 13.7 Å². The number of allylic oxidation sites excluding steroid dienone is 1. The predicted octanol–water partition coefficient (Wildman–Crippen LogP) is 5.64. The van der Waals surface area contributed by atoms with Gasteiger partial charge in [0.05, 0.1) is 52.1 Å². The summed E-state index contributed by atoms with van der Waals surface area (Å²) in [5.74, 6) is -0.445. The minimum absolute atomic E-state index is 0.168. The lowest BCUT2D eigenvalue weighted by atomic mass is 9.84. The number of methoxy groups -OCH3 is 1. The number of carbonyl (C=O) groups excluding carboxylic acids is 3. The van der Waals surface area contributed by atoms with Crippen LogP contribution in [0.3, 0.4) is 0 Å². The van der Waals surface area contributed by atoms with Crippen molar-refractivity contribution in [1.29, 1.82) is 0 Å². The number of aromatic nitrogens is 2. The zero-order chi connectivity index (χ0) is 38.2. The molecule has 6 atom stereocenters. The van der Waals surface area contributed by atoms with Crippen LogP contribution in [0.4, 0.5) is 0 Å². The van der Waals surface area contributed by atoms with E-state index in [1.165, 1.54) is 7.11 Å². The van der Waals surface area contributed by atoms with Crippen molar-refractivity contribution in [3.8, 4) is 22.9 Å². The maximum atomic E-state index is 14.5. The number of ether oxygens (including phenoxy) is 2. The van der Waals surface area contributed by atoms with Gasteiger partial charge in [0.25, 0.3) is 0 Å². The quantitative estimate of drug-likeness (QED) is 0.221. The zero-order valence-electron chi connectivity index (χ0n) is 30.8. The minimum atomic E-state index is -3.83. The Kier molecular flexibility index (Phi) is 9.69. The molecule has 2 aromatic heterocycles. The molecule has 4 fully saturated rings. The van der Waals surface area contributed by atoms with E-state index >= 15 is 0 Å². The van der Waals surface area contributed by atoms with Crippen LogP contribution in [0.2, 0.25) is 5.02 Å². The van der Waals surface area contributed by atoms with Gasteiger partial charge in [-0.2, -0.15) is 0 Å². The first-order valence-corrected chi connectivity index (χ1v) is 20.9. The topological polar surface area (TPSA) is 157 Å².